The average molecular weight is 286 g/mol. The maximum Gasteiger partial charge on any atom is 0.337 e. The molecule has 0 radical (unpaired) electrons. The van der Waals surface area contributed by atoms with Gasteiger partial charge in [-0.05, 0) is 24.6 Å². The minimum absolute atomic E-state index is 0.0822. The number of hydrogen-bond donors (Lipinski definition) is 2. The van der Waals surface area contributed by atoms with E-state index in [4.69, 9.17) is 5.11 Å². The van der Waals surface area contributed by atoms with Gasteiger partial charge in [0.05, 0.1) is 11.3 Å². The number of rotatable bonds is 4. The van der Waals surface area contributed by atoms with E-state index in [1.165, 1.54) is 6.07 Å². The first-order chi connectivity index (χ1) is 7.54. The highest BCUT2D eigenvalue weighted by atomic mass is 79.9. The molecule has 1 aromatic carbocycles. The number of carbonyl (C=O) groups excluding carboxylic acids is 1. The van der Waals surface area contributed by atoms with Crippen molar-refractivity contribution in [1.29, 1.82) is 0 Å². The molecule has 86 valence electrons. The standard InChI is InChI=1S/C11H12BrNO3/c1-2-3-10(14)13-9-5-4-7(12)6-8(9)11(15)16/h4-6H,2-3H2,1H3,(H,13,14)(H,15,16). The predicted molar refractivity (Wildman–Crippen MR) is 64.6 cm³/mol. The monoisotopic (exact) mass is 285 g/mol. The summed E-state index contributed by atoms with van der Waals surface area (Å²) >= 11 is 3.19. The second-order valence-corrected chi connectivity index (χ2v) is 4.21. The molecule has 0 saturated carbocycles. The minimum Gasteiger partial charge on any atom is -0.478 e. The van der Waals surface area contributed by atoms with Gasteiger partial charge < -0.3 is 10.4 Å². The summed E-state index contributed by atoms with van der Waals surface area (Å²) < 4.78 is 0.665. The van der Waals surface area contributed by atoms with Gasteiger partial charge in [-0.1, -0.05) is 22.9 Å². The Bertz CT molecular complexity index is 418. The van der Waals surface area contributed by atoms with Gasteiger partial charge in [-0.3, -0.25) is 4.79 Å². The first kappa shape index (κ1) is 12.7. The van der Waals surface area contributed by atoms with Crippen LogP contribution in [0.5, 0.6) is 0 Å². The number of halogens is 1. The number of nitrogens with one attached hydrogen (secondary N) is 1. The first-order valence-corrected chi connectivity index (χ1v) is 5.66. The van der Waals surface area contributed by atoms with Crippen LogP contribution in [0.4, 0.5) is 5.69 Å². The third kappa shape index (κ3) is 3.34. The fraction of sp³-hybridized carbons (Fsp3) is 0.273. The van der Waals surface area contributed by atoms with E-state index >= 15 is 0 Å². The fourth-order valence-electron chi connectivity index (χ4n) is 1.24. The van der Waals surface area contributed by atoms with Crippen molar-refractivity contribution in [2.75, 3.05) is 5.32 Å². The second kappa shape index (κ2) is 5.65. The zero-order chi connectivity index (χ0) is 12.1. The molecule has 2 N–H and O–H groups in total. The Labute approximate surface area is 102 Å². The molecule has 5 heteroatoms. The molecule has 1 rings (SSSR count). The molecule has 0 heterocycles. The van der Waals surface area contributed by atoms with E-state index in [9.17, 15) is 9.59 Å². The van der Waals surface area contributed by atoms with E-state index in [-0.39, 0.29) is 11.5 Å². The Hall–Kier alpha value is -1.36. The molecule has 4 nitrogen and oxygen atoms in total. The van der Waals surface area contributed by atoms with Gasteiger partial charge in [0.1, 0.15) is 0 Å². The number of benzene rings is 1. The van der Waals surface area contributed by atoms with Crippen LogP contribution in [-0.4, -0.2) is 17.0 Å². The molecule has 1 aromatic rings. The summed E-state index contributed by atoms with van der Waals surface area (Å²) in [5.74, 6) is -1.24. The number of carboxylic acids is 1. The molecule has 0 bridgehead atoms. The molecule has 1 amide bonds. The molecule has 0 aliphatic rings. The average Bonchev–Trinajstić information content (AvgIpc) is 2.20. The van der Waals surface area contributed by atoms with Gasteiger partial charge in [0.15, 0.2) is 0 Å². The van der Waals surface area contributed by atoms with Gasteiger partial charge in [-0.25, -0.2) is 4.79 Å². The van der Waals surface area contributed by atoms with Crippen molar-refractivity contribution in [2.24, 2.45) is 0 Å². The summed E-state index contributed by atoms with van der Waals surface area (Å²) in [7, 11) is 0. The van der Waals surface area contributed by atoms with Crippen molar-refractivity contribution in [3.8, 4) is 0 Å². The molecule has 0 fully saturated rings. The van der Waals surface area contributed by atoms with Crippen molar-refractivity contribution >= 4 is 33.5 Å². The molecular formula is C11H12BrNO3. The van der Waals surface area contributed by atoms with Crippen LogP contribution in [0.3, 0.4) is 0 Å². The zero-order valence-corrected chi connectivity index (χ0v) is 10.4. The van der Waals surface area contributed by atoms with Crippen LogP contribution in [0.2, 0.25) is 0 Å². The highest BCUT2D eigenvalue weighted by molar-refractivity contribution is 9.10. The van der Waals surface area contributed by atoms with Crippen molar-refractivity contribution < 1.29 is 14.7 Å². The highest BCUT2D eigenvalue weighted by Gasteiger charge is 2.12. The van der Waals surface area contributed by atoms with E-state index in [1.807, 2.05) is 6.92 Å². The maximum absolute atomic E-state index is 11.4. The number of anilines is 1. The zero-order valence-electron chi connectivity index (χ0n) is 8.79. The summed E-state index contributed by atoms with van der Waals surface area (Å²) in [5.41, 5.74) is 0.410. The quantitative estimate of drug-likeness (QED) is 0.894. The largest absolute Gasteiger partial charge is 0.478 e. The number of amides is 1. The molecule has 0 aliphatic carbocycles. The lowest BCUT2D eigenvalue weighted by molar-refractivity contribution is -0.116. The highest BCUT2D eigenvalue weighted by Crippen LogP contribution is 2.21. The molecule has 0 atom stereocenters. The molecule has 0 unspecified atom stereocenters. The van der Waals surface area contributed by atoms with E-state index in [2.05, 4.69) is 21.2 Å². The normalized spacial score (nSPS) is 9.88. The Kier molecular flexibility index (Phi) is 4.49. The van der Waals surface area contributed by atoms with Crippen LogP contribution < -0.4 is 5.32 Å². The molecular weight excluding hydrogens is 274 g/mol. The molecule has 0 saturated heterocycles. The lowest BCUT2D eigenvalue weighted by atomic mass is 10.1. The van der Waals surface area contributed by atoms with Gasteiger partial charge in [0.25, 0.3) is 0 Å². The number of carboxylic acid groups (broad SMARTS) is 1. The van der Waals surface area contributed by atoms with Crippen LogP contribution in [-0.2, 0) is 4.79 Å². The summed E-state index contributed by atoms with van der Waals surface area (Å²) in [5, 5.41) is 11.5. The number of aromatic carboxylic acids is 1. The Morgan fingerprint density at radius 2 is 2.12 bits per heavy atom. The van der Waals surface area contributed by atoms with Crippen molar-refractivity contribution in [2.45, 2.75) is 19.8 Å². The lowest BCUT2D eigenvalue weighted by Gasteiger charge is -2.08. The van der Waals surface area contributed by atoms with Crippen LogP contribution in [0.1, 0.15) is 30.1 Å². The topological polar surface area (TPSA) is 66.4 Å². The Balaban J connectivity index is 2.95. The molecule has 0 aromatic heterocycles. The van der Waals surface area contributed by atoms with Gasteiger partial charge in [0.2, 0.25) is 5.91 Å². The first-order valence-electron chi connectivity index (χ1n) is 4.87. The van der Waals surface area contributed by atoms with E-state index in [1.54, 1.807) is 12.1 Å². The van der Waals surface area contributed by atoms with Gasteiger partial charge >= 0.3 is 5.97 Å². The van der Waals surface area contributed by atoms with E-state index in [0.29, 0.717) is 16.6 Å². The minimum atomic E-state index is -1.06. The van der Waals surface area contributed by atoms with Crippen LogP contribution in [0.15, 0.2) is 22.7 Å². The summed E-state index contributed by atoms with van der Waals surface area (Å²) in [4.78, 5) is 22.3. The van der Waals surface area contributed by atoms with Gasteiger partial charge in [0, 0.05) is 10.9 Å². The molecule has 16 heavy (non-hydrogen) atoms. The fourth-order valence-corrected chi connectivity index (χ4v) is 1.60. The Morgan fingerprint density at radius 1 is 1.44 bits per heavy atom. The van der Waals surface area contributed by atoms with Crippen LogP contribution in [0.25, 0.3) is 0 Å². The predicted octanol–water partition coefficient (Wildman–Crippen LogP) is 2.89. The lowest BCUT2D eigenvalue weighted by Crippen LogP contribution is -2.13. The third-order valence-corrected chi connectivity index (χ3v) is 2.46. The summed E-state index contributed by atoms with van der Waals surface area (Å²) in [6.45, 7) is 1.89. The van der Waals surface area contributed by atoms with Crippen LogP contribution in [0, 0.1) is 0 Å². The second-order valence-electron chi connectivity index (χ2n) is 3.29. The van der Waals surface area contributed by atoms with Gasteiger partial charge in [-0.15, -0.1) is 0 Å². The number of hydrogen-bond acceptors (Lipinski definition) is 2. The molecule has 0 spiro atoms. The Morgan fingerprint density at radius 3 is 2.69 bits per heavy atom. The van der Waals surface area contributed by atoms with E-state index in [0.717, 1.165) is 6.42 Å². The third-order valence-electron chi connectivity index (χ3n) is 1.96. The smallest absolute Gasteiger partial charge is 0.337 e. The van der Waals surface area contributed by atoms with Crippen molar-refractivity contribution in [3.05, 3.63) is 28.2 Å². The molecule has 0 aliphatic heterocycles. The number of carbonyl (C=O) groups is 2. The van der Waals surface area contributed by atoms with Crippen molar-refractivity contribution in [1.82, 2.24) is 0 Å². The summed E-state index contributed by atoms with van der Waals surface area (Å²) in [6, 6.07) is 4.72. The van der Waals surface area contributed by atoms with Crippen LogP contribution >= 0.6 is 15.9 Å². The summed E-state index contributed by atoms with van der Waals surface area (Å²) in [6.07, 6.45) is 1.11. The van der Waals surface area contributed by atoms with Crippen molar-refractivity contribution in [3.63, 3.8) is 0 Å². The van der Waals surface area contributed by atoms with Gasteiger partial charge in [-0.2, -0.15) is 0 Å². The van der Waals surface area contributed by atoms with E-state index < -0.39 is 5.97 Å². The SMILES string of the molecule is CCCC(=O)Nc1ccc(Br)cc1C(=O)O. The maximum atomic E-state index is 11.4.